The topological polar surface area (TPSA) is 121 Å². The molecule has 22 heavy (non-hydrogen) atoms. The van der Waals surface area contributed by atoms with E-state index >= 15 is 0 Å². The Balaban J connectivity index is 3.16. The molecule has 124 valence electrons. The zero-order valence-corrected chi connectivity index (χ0v) is 14.3. The maximum Gasteiger partial charge on any atom is 0.345 e. The van der Waals surface area contributed by atoms with Crippen molar-refractivity contribution in [1.29, 1.82) is 0 Å². The number of carbonyl (C=O) groups is 2. The maximum atomic E-state index is 12.4. The van der Waals surface area contributed by atoms with Crippen molar-refractivity contribution >= 4 is 33.3 Å². The van der Waals surface area contributed by atoms with Gasteiger partial charge in [0.15, 0.2) is 0 Å². The van der Waals surface area contributed by atoms with Crippen LogP contribution >= 0.6 is 11.3 Å². The van der Waals surface area contributed by atoms with Gasteiger partial charge in [0.25, 0.3) is 0 Å². The van der Waals surface area contributed by atoms with Crippen LogP contribution in [0, 0.1) is 11.3 Å². The molecule has 0 aromatic carbocycles. The third-order valence-electron chi connectivity index (χ3n) is 3.37. The molecule has 0 aliphatic rings. The Hall–Kier alpha value is -1.45. The van der Waals surface area contributed by atoms with Crippen molar-refractivity contribution in [2.75, 3.05) is 0 Å². The summed E-state index contributed by atoms with van der Waals surface area (Å²) in [5.41, 5.74) is -1.31. The van der Waals surface area contributed by atoms with Gasteiger partial charge in [0, 0.05) is 11.4 Å². The molecular formula is C13H19NO6S2. The molecule has 0 aliphatic heterocycles. The van der Waals surface area contributed by atoms with Crippen LogP contribution in [0.4, 0.5) is 0 Å². The lowest BCUT2D eigenvalue weighted by Gasteiger charge is -2.33. The number of carboxylic acid groups (broad SMARTS) is 2. The largest absolute Gasteiger partial charge is 0.481 e. The molecule has 1 atom stereocenters. The molecule has 0 bridgehead atoms. The van der Waals surface area contributed by atoms with Gasteiger partial charge in [0.1, 0.15) is 4.88 Å². The number of carboxylic acids is 2. The molecular weight excluding hydrogens is 330 g/mol. The Labute approximate surface area is 133 Å². The minimum atomic E-state index is -4.00. The molecule has 9 heteroatoms. The van der Waals surface area contributed by atoms with Crippen LogP contribution in [0.3, 0.4) is 0 Å². The van der Waals surface area contributed by atoms with Gasteiger partial charge in [-0.2, -0.15) is 0 Å². The van der Waals surface area contributed by atoms with Crippen LogP contribution in [0.15, 0.2) is 16.3 Å². The fourth-order valence-electron chi connectivity index (χ4n) is 2.06. The third-order valence-corrected chi connectivity index (χ3v) is 5.86. The van der Waals surface area contributed by atoms with Crippen molar-refractivity contribution < 1.29 is 28.2 Å². The number of sulfonamides is 1. The van der Waals surface area contributed by atoms with Crippen LogP contribution in [0.2, 0.25) is 0 Å². The van der Waals surface area contributed by atoms with Crippen molar-refractivity contribution in [3.63, 3.8) is 0 Å². The smallest absolute Gasteiger partial charge is 0.345 e. The van der Waals surface area contributed by atoms with Crippen molar-refractivity contribution in [1.82, 2.24) is 4.72 Å². The van der Waals surface area contributed by atoms with Gasteiger partial charge in [-0.3, -0.25) is 4.79 Å². The first kappa shape index (κ1) is 18.6. The van der Waals surface area contributed by atoms with Crippen LogP contribution in [-0.2, 0) is 14.8 Å². The number of aliphatic carboxylic acids is 1. The average molecular weight is 349 g/mol. The molecule has 0 fully saturated rings. The number of rotatable bonds is 7. The quantitative estimate of drug-likeness (QED) is 0.691. The highest BCUT2D eigenvalue weighted by atomic mass is 32.2. The van der Waals surface area contributed by atoms with E-state index in [1.807, 2.05) is 0 Å². The molecule has 0 radical (unpaired) electrons. The van der Waals surface area contributed by atoms with Crippen LogP contribution in [-0.4, -0.2) is 36.6 Å². The van der Waals surface area contributed by atoms with E-state index < -0.39 is 33.4 Å². The van der Waals surface area contributed by atoms with E-state index in [-0.39, 0.29) is 15.7 Å². The molecule has 1 rings (SSSR count). The van der Waals surface area contributed by atoms with E-state index in [2.05, 4.69) is 4.72 Å². The van der Waals surface area contributed by atoms with Crippen LogP contribution in [0.1, 0.15) is 37.4 Å². The molecule has 7 nitrogen and oxygen atoms in total. The number of aromatic carboxylic acids is 1. The Morgan fingerprint density at radius 2 is 1.82 bits per heavy atom. The van der Waals surface area contributed by atoms with Gasteiger partial charge in [0.05, 0.1) is 10.3 Å². The molecule has 3 N–H and O–H groups in total. The summed E-state index contributed by atoms with van der Waals surface area (Å²) in [6.45, 7) is 6.32. The summed E-state index contributed by atoms with van der Waals surface area (Å²) in [5, 5.41) is 19.4. The number of hydrogen-bond donors (Lipinski definition) is 3. The Bertz CT molecular complexity index is 674. The predicted octanol–water partition coefficient (Wildman–Crippen LogP) is 1.86. The maximum absolute atomic E-state index is 12.4. The molecule has 0 saturated heterocycles. The van der Waals surface area contributed by atoms with E-state index in [1.54, 1.807) is 13.8 Å². The first-order valence-electron chi connectivity index (χ1n) is 6.47. The average Bonchev–Trinajstić information content (AvgIpc) is 2.85. The molecule has 0 spiro atoms. The zero-order valence-electron chi connectivity index (χ0n) is 12.7. The van der Waals surface area contributed by atoms with E-state index in [0.29, 0.717) is 0 Å². The highest BCUT2D eigenvalue weighted by Crippen LogP contribution is 2.29. The minimum absolute atomic E-state index is 0.0982. The van der Waals surface area contributed by atoms with E-state index in [9.17, 15) is 23.1 Å². The van der Waals surface area contributed by atoms with Gasteiger partial charge < -0.3 is 10.2 Å². The molecule has 0 amide bonds. The van der Waals surface area contributed by atoms with Crippen LogP contribution in [0.25, 0.3) is 0 Å². The van der Waals surface area contributed by atoms with E-state index in [4.69, 9.17) is 5.11 Å². The summed E-state index contributed by atoms with van der Waals surface area (Å²) >= 11 is 0.799. The lowest BCUT2D eigenvalue weighted by Crippen LogP contribution is -2.51. The Morgan fingerprint density at radius 3 is 2.18 bits per heavy atom. The summed E-state index contributed by atoms with van der Waals surface area (Å²) in [4.78, 5) is 21.9. The zero-order chi connectivity index (χ0) is 17.3. The third kappa shape index (κ3) is 3.84. The summed E-state index contributed by atoms with van der Waals surface area (Å²) in [6.07, 6.45) is 0. The summed E-state index contributed by atoms with van der Waals surface area (Å²) in [5.74, 6) is -2.60. The molecule has 0 aliphatic carbocycles. The van der Waals surface area contributed by atoms with E-state index in [0.717, 1.165) is 17.4 Å². The van der Waals surface area contributed by atoms with Crippen molar-refractivity contribution in [2.45, 2.75) is 38.6 Å². The molecule has 0 saturated carbocycles. The summed E-state index contributed by atoms with van der Waals surface area (Å²) < 4.78 is 27.1. The fraction of sp³-hybridized carbons (Fsp3) is 0.538. The van der Waals surface area contributed by atoms with Crippen molar-refractivity contribution in [3.8, 4) is 0 Å². The SMILES string of the molecule is CC(C)C(NS(=O)(=O)c1csc(C(=O)O)c1)C(C)(C)C(=O)O. The standard InChI is InChI=1S/C13H19NO6S2/c1-7(2)10(13(3,4)12(17)18)14-22(19,20)8-5-9(11(15)16)21-6-8/h5-7,10,14H,1-4H3,(H,15,16)(H,17,18). The van der Waals surface area contributed by atoms with Gasteiger partial charge in [0.2, 0.25) is 10.0 Å². The number of nitrogens with one attached hydrogen (secondary N) is 1. The van der Waals surface area contributed by atoms with Gasteiger partial charge in [-0.1, -0.05) is 13.8 Å². The van der Waals surface area contributed by atoms with Crippen molar-refractivity contribution in [3.05, 3.63) is 16.3 Å². The highest BCUT2D eigenvalue weighted by Gasteiger charge is 2.41. The summed E-state index contributed by atoms with van der Waals surface area (Å²) in [6, 6.07) is 0.212. The summed E-state index contributed by atoms with van der Waals surface area (Å²) in [7, 11) is -4.00. The molecule has 1 heterocycles. The lowest BCUT2D eigenvalue weighted by molar-refractivity contribution is -0.149. The van der Waals surface area contributed by atoms with Crippen molar-refractivity contribution in [2.24, 2.45) is 11.3 Å². The first-order valence-corrected chi connectivity index (χ1v) is 8.83. The molecule has 1 aromatic heterocycles. The number of hydrogen-bond acceptors (Lipinski definition) is 5. The molecule has 1 unspecified atom stereocenters. The fourth-order valence-corrected chi connectivity index (χ4v) is 4.70. The second kappa shape index (κ2) is 6.35. The lowest BCUT2D eigenvalue weighted by atomic mass is 9.79. The van der Waals surface area contributed by atoms with Gasteiger partial charge in [-0.05, 0) is 25.8 Å². The van der Waals surface area contributed by atoms with Gasteiger partial charge in [-0.15, -0.1) is 11.3 Å². The predicted molar refractivity (Wildman–Crippen MR) is 81.6 cm³/mol. The molecule has 1 aromatic rings. The second-order valence-corrected chi connectivity index (χ2v) is 8.45. The number of thiophene rings is 1. The first-order chi connectivity index (χ1) is 9.89. The van der Waals surface area contributed by atoms with Gasteiger partial charge >= 0.3 is 11.9 Å². The Morgan fingerprint density at radius 1 is 1.27 bits per heavy atom. The highest BCUT2D eigenvalue weighted by molar-refractivity contribution is 7.89. The second-order valence-electron chi connectivity index (χ2n) is 5.82. The monoisotopic (exact) mass is 349 g/mol. The van der Waals surface area contributed by atoms with Gasteiger partial charge in [-0.25, -0.2) is 17.9 Å². The normalized spacial score (nSPS) is 14.0. The van der Waals surface area contributed by atoms with E-state index in [1.165, 1.54) is 19.2 Å². The Kier molecular flexibility index (Phi) is 5.37. The minimum Gasteiger partial charge on any atom is -0.481 e. The van der Waals surface area contributed by atoms with Crippen LogP contribution < -0.4 is 4.72 Å². The van der Waals surface area contributed by atoms with Crippen LogP contribution in [0.5, 0.6) is 0 Å².